The SMILES string of the molecule is Cc1ccc(Nc2ncnc3c2OCC(=O)N3C2CCN(C(=O)OC(C)C)CC2)c(C)n1. The minimum Gasteiger partial charge on any atom is -0.476 e. The first-order valence-electron chi connectivity index (χ1n) is 10.8. The van der Waals surface area contributed by atoms with E-state index in [4.69, 9.17) is 9.47 Å². The van der Waals surface area contributed by atoms with Gasteiger partial charge in [0.2, 0.25) is 5.75 Å². The topological polar surface area (TPSA) is 110 Å². The fourth-order valence-corrected chi connectivity index (χ4v) is 3.99. The molecule has 0 spiro atoms. The molecule has 10 heteroatoms. The van der Waals surface area contributed by atoms with Gasteiger partial charge >= 0.3 is 6.09 Å². The van der Waals surface area contributed by atoms with Gasteiger partial charge in [0.15, 0.2) is 18.2 Å². The molecule has 4 heterocycles. The lowest BCUT2D eigenvalue weighted by atomic mass is 10.0. The zero-order valence-corrected chi connectivity index (χ0v) is 18.8. The van der Waals surface area contributed by atoms with E-state index in [0.29, 0.717) is 43.3 Å². The van der Waals surface area contributed by atoms with Gasteiger partial charge in [-0.3, -0.25) is 14.7 Å². The van der Waals surface area contributed by atoms with Crippen LogP contribution in [0.1, 0.15) is 38.1 Å². The third-order valence-corrected chi connectivity index (χ3v) is 5.52. The number of hydrogen-bond acceptors (Lipinski definition) is 8. The van der Waals surface area contributed by atoms with Crippen molar-refractivity contribution in [2.45, 2.75) is 52.7 Å². The molecule has 2 aromatic heterocycles. The maximum absolute atomic E-state index is 12.8. The first-order valence-corrected chi connectivity index (χ1v) is 10.8. The average molecular weight is 441 g/mol. The summed E-state index contributed by atoms with van der Waals surface area (Å²) in [4.78, 5) is 41.5. The lowest BCUT2D eigenvalue weighted by Crippen LogP contribution is -2.52. The van der Waals surface area contributed by atoms with Crippen LogP contribution < -0.4 is 15.0 Å². The van der Waals surface area contributed by atoms with Crippen molar-refractivity contribution in [3.8, 4) is 5.75 Å². The third-order valence-electron chi connectivity index (χ3n) is 5.52. The van der Waals surface area contributed by atoms with Gasteiger partial charge in [0.25, 0.3) is 5.91 Å². The molecule has 0 radical (unpaired) electrons. The molecule has 0 atom stereocenters. The predicted molar refractivity (Wildman–Crippen MR) is 118 cm³/mol. The van der Waals surface area contributed by atoms with Crippen molar-refractivity contribution < 1.29 is 19.1 Å². The number of rotatable bonds is 4. The molecule has 32 heavy (non-hydrogen) atoms. The van der Waals surface area contributed by atoms with Crippen LogP contribution in [0.3, 0.4) is 0 Å². The zero-order valence-electron chi connectivity index (χ0n) is 18.8. The van der Waals surface area contributed by atoms with E-state index >= 15 is 0 Å². The first kappa shape index (κ1) is 21.8. The van der Waals surface area contributed by atoms with Crippen molar-refractivity contribution in [3.05, 3.63) is 29.8 Å². The molecule has 0 saturated carbocycles. The average Bonchev–Trinajstić information content (AvgIpc) is 2.75. The highest BCUT2D eigenvalue weighted by atomic mass is 16.6. The van der Waals surface area contributed by atoms with E-state index in [1.807, 2.05) is 39.8 Å². The first-order chi connectivity index (χ1) is 15.3. The number of nitrogens with one attached hydrogen (secondary N) is 1. The molecule has 1 saturated heterocycles. The summed E-state index contributed by atoms with van der Waals surface area (Å²) in [6.45, 7) is 8.44. The number of aryl methyl sites for hydroxylation is 2. The number of hydrogen-bond donors (Lipinski definition) is 1. The highest BCUT2D eigenvalue weighted by Crippen LogP contribution is 2.39. The molecule has 2 amide bonds. The molecule has 10 nitrogen and oxygen atoms in total. The van der Waals surface area contributed by atoms with E-state index in [9.17, 15) is 9.59 Å². The molecule has 2 aliphatic heterocycles. The van der Waals surface area contributed by atoms with Crippen LogP contribution in [0.5, 0.6) is 5.75 Å². The Morgan fingerprint density at radius 1 is 1.22 bits per heavy atom. The van der Waals surface area contributed by atoms with Crippen LogP contribution in [0.25, 0.3) is 0 Å². The maximum Gasteiger partial charge on any atom is 0.410 e. The number of ether oxygens (including phenoxy) is 2. The molecule has 170 valence electrons. The molecule has 2 aliphatic rings. The summed E-state index contributed by atoms with van der Waals surface area (Å²) in [6, 6.07) is 3.76. The summed E-state index contributed by atoms with van der Waals surface area (Å²) in [5, 5.41) is 3.26. The number of nitrogens with zero attached hydrogens (tertiary/aromatic N) is 5. The lowest BCUT2D eigenvalue weighted by Gasteiger charge is -2.39. The Kier molecular flexibility index (Phi) is 6.11. The highest BCUT2D eigenvalue weighted by molar-refractivity contribution is 5.98. The second-order valence-corrected chi connectivity index (χ2v) is 8.29. The van der Waals surface area contributed by atoms with Gasteiger partial charge in [-0.2, -0.15) is 0 Å². The van der Waals surface area contributed by atoms with Crippen LogP contribution in [0.15, 0.2) is 18.5 Å². The Morgan fingerprint density at radius 3 is 2.66 bits per heavy atom. The standard InChI is InChI=1S/C22H28N6O4/c1-13(2)32-22(30)27-9-7-16(8-10-27)28-18(29)11-31-19-20(23-12-24-21(19)28)26-17-6-5-14(3)25-15(17)4/h5-6,12-13,16H,7-11H2,1-4H3,(H,23,24,26). The molecule has 1 fully saturated rings. The van der Waals surface area contributed by atoms with Gasteiger partial charge in [0.1, 0.15) is 6.33 Å². The summed E-state index contributed by atoms with van der Waals surface area (Å²) in [6.07, 6.45) is 2.20. The van der Waals surface area contributed by atoms with Crippen LogP contribution in [0.2, 0.25) is 0 Å². The van der Waals surface area contributed by atoms with Crippen LogP contribution in [0.4, 0.5) is 22.1 Å². The molecule has 0 bridgehead atoms. The summed E-state index contributed by atoms with van der Waals surface area (Å²) in [5.74, 6) is 1.21. The molecule has 4 rings (SSSR count). The molecule has 1 N–H and O–H groups in total. The largest absolute Gasteiger partial charge is 0.476 e. The van der Waals surface area contributed by atoms with Gasteiger partial charge < -0.3 is 19.7 Å². The summed E-state index contributed by atoms with van der Waals surface area (Å²) >= 11 is 0. The van der Waals surface area contributed by atoms with Gasteiger partial charge in [0, 0.05) is 24.8 Å². The monoisotopic (exact) mass is 440 g/mol. The fraction of sp³-hybridized carbons (Fsp3) is 0.500. The number of amides is 2. The van der Waals surface area contributed by atoms with Gasteiger partial charge in [-0.05, 0) is 52.7 Å². The number of carbonyl (C=O) groups is 2. The number of pyridine rings is 1. The molecule has 0 unspecified atom stereocenters. The van der Waals surface area contributed by atoms with Crippen LogP contribution in [0, 0.1) is 13.8 Å². The van der Waals surface area contributed by atoms with Gasteiger partial charge in [-0.15, -0.1) is 0 Å². The number of likely N-dealkylation sites (tertiary alicyclic amines) is 1. The molecular formula is C22H28N6O4. The Labute approximate surface area is 186 Å². The van der Waals surface area contributed by atoms with E-state index in [1.54, 1.807) is 9.80 Å². The second kappa shape index (κ2) is 8.97. The molecule has 0 aliphatic carbocycles. The number of piperidine rings is 1. The van der Waals surface area contributed by atoms with Crippen LogP contribution >= 0.6 is 0 Å². The second-order valence-electron chi connectivity index (χ2n) is 8.29. The van der Waals surface area contributed by atoms with E-state index in [1.165, 1.54) is 6.33 Å². The fourth-order valence-electron chi connectivity index (χ4n) is 3.99. The number of anilines is 3. The predicted octanol–water partition coefficient (Wildman–Crippen LogP) is 2.97. The summed E-state index contributed by atoms with van der Waals surface area (Å²) in [5.41, 5.74) is 2.57. The van der Waals surface area contributed by atoms with E-state index in [2.05, 4.69) is 20.3 Å². The number of carbonyl (C=O) groups excluding carboxylic acids is 2. The van der Waals surface area contributed by atoms with E-state index in [-0.39, 0.29) is 30.8 Å². The maximum atomic E-state index is 12.8. The van der Waals surface area contributed by atoms with E-state index < -0.39 is 0 Å². The van der Waals surface area contributed by atoms with Crippen molar-refractivity contribution in [2.24, 2.45) is 0 Å². The van der Waals surface area contributed by atoms with Crippen LogP contribution in [-0.2, 0) is 9.53 Å². The third kappa shape index (κ3) is 4.44. The highest BCUT2D eigenvalue weighted by Gasteiger charge is 2.37. The minimum absolute atomic E-state index is 0.0845. The van der Waals surface area contributed by atoms with Gasteiger partial charge in [0.05, 0.1) is 17.5 Å². The molecule has 2 aromatic rings. The van der Waals surface area contributed by atoms with Crippen molar-refractivity contribution in [2.75, 3.05) is 29.9 Å². The van der Waals surface area contributed by atoms with Gasteiger partial charge in [-0.25, -0.2) is 14.8 Å². The van der Waals surface area contributed by atoms with Crippen molar-refractivity contribution in [1.29, 1.82) is 0 Å². The smallest absolute Gasteiger partial charge is 0.410 e. The van der Waals surface area contributed by atoms with Crippen molar-refractivity contribution in [3.63, 3.8) is 0 Å². The zero-order chi connectivity index (χ0) is 22.8. The van der Waals surface area contributed by atoms with Crippen LogP contribution in [-0.4, -0.2) is 63.7 Å². The van der Waals surface area contributed by atoms with E-state index in [0.717, 1.165) is 17.1 Å². The Morgan fingerprint density at radius 2 is 1.97 bits per heavy atom. The number of aromatic nitrogens is 3. The Hall–Kier alpha value is -3.43. The van der Waals surface area contributed by atoms with Crippen molar-refractivity contribution >= 4 is 29.3 Å². The summed E-state index contributed by atoms with van der Waals surface area (Å²) < 4.78 is 11.0. The minimum atomic E-state index is -0.317. The van der Waals surface area contributed by atoms with Crippen molar-refractivity contribution in [1.82, 2.24) is 19.9 Å². The normalized spacial score (nSPS) is 16.6. The Bertz CT molecular complexity index is 1020. The Balaban J connectivity index is 1.54. The quantitative estimate of drug-likeness (QED) is 0.773. The lowest BCUT2D eigenvalue weighted by molar-refractivity contribution is -0.122. The number of fused-ring (bicyclic) bond motifs is 1. The molecular weight excluding hydrogens is 412 g/mol. The summed E-state index contributed by atoms with van der Waals surface area (Å²) in [7, 11) is 0. The van der Waals surface area contributed by atoms with Gasteiger partial charge in [-0.1, -0.05) is 0 Å². The molecule has 0 aromatic carbocycles.